The SMILES string of the molecule is COc1cccc(C[C@H]2CC3(CCN(C(=O)C(C)(C)N)CC3)CO2)c1. The first-order valence-electron chi connectivity index (χ1n) is 9.14. The van der Waals surface area contributed by atoms with Crippen molar-refractivity contribution >= 4 is 5.91 Å². The zero-order valence-electron chi connectivity index (χ0n) is 15.6. The number of ether oxygens (including phenoxy) is 2. The molecule has 0 aliphatic carbocycles. The Kier molecular flexibility index (Phi) is 5.07. The fraction of sp³-hybridized carbons (Fsp3) is 0.650. The summed E-state index contributed by atoms with van der Waals surface area (Å²) in [4.78, 5) is 14.3. The maximum atomic E-state index is 12.3. The van der Waals surface area contributed by atoms with Gasteiger partial charge in [-0.2, -0.15) is 0 Å². The number of carbonyl (C=O) groups excluding carboxylic acids is 1. The van der Waals surface area contributed by atoms with E-state index in [1.54, 1.807) is 21.0 Å². The van der Waals surface area contributed by atoms with Gasteiger partial charge in [-0.3, -0.25) is 4.79 Å². The molecule has 1 spiro atoms. The molecule has 1 aromatic carbocycles. The molecule has 0 aromatic heterocycles. The first-order chi connectivity index (χ1) is 11.8. The molecule has 5 nitrogen and oxygen atoms in total. The molecule has 2 N–H and O–H groups in total. The number of rotatable bonds is 4. The monoisotopic (exact) mass is 346 g/mol. The Hall–Kier alpha value is -1.59. The summed E-state index contributed by atoms with van der Waals surface area (Å²) in [7, 11) is 1.69. The molecule has 2 aliphatic rings. The fourth-order valence-electron chi connectivity index (χ4n) is 4.03. The first-order valence-corrected chi connectivity index (χ1v) is 9.14. The van der Waals surface area contributed by atoms with E-state index in [0.29, 0.717) is 0 Å². The number of methoxy groups -OCH3 is 1. The van der Waals surface area contributed by atoms with Gasteiger partial charge in [0.1, 0.15) is 5.75 Å². The van der Waals surface area contributed by atoms with Crippen molar-refractivity contribution in [3.63, 3.8) is 0 Å². The number of hydrogen-bond donors (Lipinski definition) is 1. The molecule has 25 heavy (non-hydrogen) atoms. The summed E-state index contributed by atoms with van der Waals surface area (Å²) in [6.07, 6.45) is 4.24. The third-order valence-corrected chi connectivity index (χ3v) is 5.55. The Labute approximate surface area is 150 Å². The average molecular weight is 346 g/mol. The topological polar surface area (TPSA) is 64.8 Å². The van der Waals surface area contributed by atoms with Crippen LogP contribution in [0.2, 0.25) is 0 Å². The molecule has 5 heteroatoms. The van der Waals surface area contributed by atoms with E-state index in [1.807, 2.05) is 17.0 Å². The van der Waals surface area contributed by atoms with E-state index in [4.69, 9.17) is 15.2 Å². The van der Waals surface area contributed by atoms with Crippen LogP contribution in [0.4, 0.5) is 0 Å². The molecule has 0 bridgehead atoms. The van der Waals surface area contributed by atoms with E-state index < -0.39 is 5.54 Å². The molecule has 0 saturated carbocycles. The fourth-order valence-corrected chi connectivity index (χ4v) is 4.03. The van der Waals surface area contributed by atoms with Crippen LogP contribution in [-0.4, -0.2) is 49.3 Å². The lowest BCUT2D eigenvalue weighted by molar-refractivity contribution is -0.138. The quantitative estimate of drug-likeness (QED) is 0.909. The summed E-state index contributed by atoms with van der Waals surface area (Å²) in [5.41, 5.74) is 6.64. The van der Waals surface area contributed by atoms with E-state index in [0.717, 1.165) is 51.1 Å². The molecule has 2 fully saturated rings. The van der Waals surface area contributed by atoms with Crippen molar-refractivity contribution in [2.75, 3.05) is 26.8 Å². The third kappa shape index (κ3) is 4.15. The molecule has 2 aliphatic heterocycles. The van der Waals surface area contributed by atoms with Crippen molar-refractivity contribution in [2.24, 2.45) is 11.1 Å². The molecule has 1 atom stereocenters. The van der Waals surface area contributed by atoms with Gasteiger partial charge in [0.15, 0.2) is 0 Å². The Morgan fingerprint density at radius 2 is 2.12 bits per heavy atom. The average Bonchev–Trinajstić information content (AvgIpc) is 2.96. The van der Waals surface area contributed by atoms with Crippen molar-refractivity contribution in [3.05, 3.63) is 29.8 Å². The van der Waals surface area contributed by atoms with Gasteiger partial charge >= 0.3 is 0 Å². The van der Waals surface area contributed by atoms with E-state index in [2.05, 4.69) is 12.1 Å². The number of nitrogens with two attached hydrogens (primary N) is 1. The van der Waals surface area contributed by atoms with Crippen LogP contribution >= 0.6 is 0 Å². The van der Waals surface area contributed by atoms with E-state index in [-0.39, 0.29) is 17.4 Å². The lowest BCUT2D eigenvalue weighted by Crippen LogP contribution is -2.54. The number of piperidine rings is 1. The Morgan fingerprint density at radius 3 is 2.76 bits per heavy atom. The summed E-state index contributed by atoms with van der Waals surface area (Å²) in [5.74, 6) is 0.940. The molecular formula is C20H30N2O3. The molecule has 138 valence electrons. The normalized spacial score (nSPS) is 23.0. The van der Waals surface area contributed by atoms with Crippen molar-refractivity contribution in [1.82, 2.24) is 4.90 Å². The van der Waals surface area contributed by atoms with Crippen molar-refractivity contribution in [1.29, 1.82) is 0 Å². The first kappa shape index (κ1) is 18.2. The van der Waals surface area contributed by atoms with Crippen LogP contribution in [0.25, 0.3) is 0 Å². The number of carbonyl (C=O) groups is 1. The second-order valence-electron chi connectivity index (χ2n) is 8.21. The molecule has 0 radical (unpaired) electrons. The van der Waals surface area contributed by atoms with Gasteiger partial charge in [-0.15, -0.1) is 0 Å². The van der Waals surface area contributed by atoms with Crippen LogP contribution in [0.5, 0.6) is 5.75 Å². The number of nitrogens with zero attached hydrogens (tertiary/aromatic N) is 1. The lowest BCUT2D eigenvalue weighted by Gasteiger charge is -2.40. The molecule has 2 heterocycles. The van der Waals surface area contributed by atoms with Crippen LogP contribution in [0.15, 0.2) is 24.3 Å². The largest absolute Gasteiger partial charge is 0.497 e. The van der Waals surface area contributed by atoms with Crippen LogP contribution < -0.4 is 10.5 Å². The Balaban J connectivity index is 1.55. The molecule has 1 aromatic rings. The van der Waals surface area contributed by atoms with Crippen molar-refractivity contribution in [2.45, 2.75) is 51.2 Å². The zero-order chi connectivity index (χ0) is 18.1. The maximum Gasteiger partial charge on any atom is 0.242 e. The third-order valence-electron chi connectivity index (χ3n) is 5.55. The minimum absolute atomic E-state index is 0.0502. The Bertz CT molecular complexity index is 616. The van der Waals surface area contributed by atoms with Gasteiger partial charge in [0.2, 0.25) is 5.91 Å². The number of hydrogen-bond acceptors (Lipinski definition) is 4. The highest BCUT2D eigenvalue weighted by atomic mass is 16.5. The summed E-state index contributed by atoms with van der Waals surface area (Å²) < 4.78 is 11.4. The van der Waals surface area contributed by atoms with Gasteiger partial charge in [0, 0.05) is 13.1 Å². The summed E-state index contributed by atoms with van der Waals surface area (Å²) in [5, 5.41) is 0. The maximum absolute atomic E-state index is 12.3. The summed E-state index contributed by atoms with van der Waals surface area (Å²) >= 11 is 0. The molecule has 3 rings (SSSR count). The highest BCUT2D eigenvalue weighted by molar-refractivity contribution is 5.85. The van der Waals surface area contributed by atoms with Crippen LogP contribution in [0.1, 0.15) is 38.7 Å². The minimum atomic E-state index is -0.786. The van der Waals surface area contributed by atoms with Crippen molar-refractivity contribution in [3.8, 4) is 5.75 Å². The second-order valence-corrected chi connectivity index (χ2v) is 8.21. The minimum Gasteiger partial charge on any atom is -0.497 e. The van der Waals surface area contributed by atoms with Gasteiger partial charge in [0.05, 0.1) is 25.4 Å². The highest BCUT2D eigenvalue weighted by Gasteiger charge is 2.44. The highest BCUT2D eigenvalue weighted by Crippen LogP contribution is 2.43. The predicted molar refractivity (Wildman–Crippen MR) is 97.6 cm³/mol. The standard InChI is InChI=1S/C20H30N2O3/c1-19(2,21)18(23)22-9-7-20(8-10-22)13-17(25-14-20)12-15-5-4-6-16(11-15)24-3/h4-6,11,17H,7-10,12-14,21H2,1-3H3/t17-/m0/s1. The lowest BCUT2D eigenvalue weighted by atomic mass is 9.76. The molecular weight excluding hydrogens is 316 g/mol. The van der Waals surface area contributed by atoms with Gasteiger partial charge < -0.3 is 20.1 Å². The smallest absolute Gasteiger partial charge is 0.242 e. The number of likely N-dealkylation sites (tertiary alicyclic amines) is 1. The second kappa shape index (κ2) is 6.96. The van der Waals surface area contributed by atoms with E-state index >= 15 is 0 Å². The predicted octanol–water partition coefficient (Wildman–Crippen LogP) is 2.37. The van der Waals surface area contributed by atoms with Crippen LogP contribution in [-0.2, 0) is 16.0 Å². The summed E-state index contributed by atoms with van der Waals surface area (Å²) in [6, 6.07) is 8.20. The zero-order valence-corrected chi connectivity index (χ0v) is 15.6. The molecule has 2 saturated heterocycles. The van der Waals surface area contributed by atoms with E-state index in [9.17, 15) is 4.79 Å². The van der Waals surface area contributed by atoms with Crippen molar-refractivity contribution < 1.29 is 14.3 Å². The van der Waals surface area contributed by atoms with Gasteiger partial charge in [-0.05, 0) is 62.6 Å². The van der Waals surface area contributed by atoms with Gasteiger partial charge in [-0.25, -0.2) is 0 Å². The summed E-state index contributed by atoms with van der Waals surface area (Å²) in [6.45, 7) is 5.93. The van der Waals surface area contributed by atoms with Gasteiger partial charge in [-0.1, -0.05) is 12.1 Å². The van der Waals surface area contributed by atoms with Crippen LogP contribution in [0.3, 0.4) is 0 Å². The van der Waals surface area contributed by atoms with Gasteiger partial charge in [0.25, 0.3) is 0 Å². The van der Waals surface area contributed by atoms with E-state index in [1.165, 1.54) is 5.56 Å². The van der Waals surface area contributed by atoms with Crippen LogP contribution in [0, 0.1) is 5.41 Å². The Morgan fingerprint density at radius 1 is 1.40 bits per heavy atom. The number of amides is 1. The molecule has 1 amide bonds. The molecule has 0 unspecified atom stereocenters. The number of benzene rings is 1.